The second-order valence-electron chi connectivity index (χ2n) is 5.36. The van der Waals surface area contributed by atoms with Gasteiger partial charge in [-0.05, 0) is 24.1 Å². The predicted octanol–water partition coefficient (Wildman–Crippen LogP) is 3.33. The molecule has 1 N–H and O–H groups in total. The number of benzene rings is 1. The van der Waals surface area contributed by atoms with E-state index in [4.69, 9.17) is 23.2 Å². The first-order chi connectivity index (χ1) is 11.3. The van der Waals surface area contributed by atoms with Gasteiger partial charge in [0.1, 0.15) is 5.69 Å². The SMILES string of the molecule is COC(=O)c1cc(NC(=O)C(C)Cc2ccc(Cl)cc2Cl)nn1C. The number of hydrogen-bond acceptors (Lipinski definition) is 4. The minimum Gasteiger partial charge on any atom is -0.464 e. The molecule has 1 aromatic carbocycles. The monoisotopic (exact) mass is 369 g/mol. The van der Waals surface area contributed by atoms with Crippen LogP contribution in [-0.2, 0) is 23.0 Å². The second-order valence-corrected chi connectivity index (χ2v) is 6.20. The van der Waals surface area contributed by atoms with Gasteiger partial charge >= 0.3 is 5.97 Å². The Morgan fingerprint density at radius 2 is 2.04 bits per heavy atom. The zero-order chi connectivity index (χ0) is 17.9. The number of carbonyl (C=O) groups is 2. The van der Waals surface area contributed by atoms with Gasteiger partial charge in [0.15, 0.2) is 5.82 Å². The fraction of sp³-hybridized carbons (Fsp3) is 0.312. The molecule has 0 aliphatic rings. The van der Waals surface area contributed by atoms with Crippen molar-refractivity contribution in [1.82, 2.24) is 9.78 Å². The molecule has 0 radical (unpaired) electrons. The van der Waals surface area contributed by atoms with E-state index < -0.39 is 5.97 Å². The van der Waals surface area contributed by atoms with E-state index in [1.165, 1.54) is 17.9 Å². The Morgan fingerprint density at radius 1 is 1.33 bits per heavy atom. The molecule has 128 valence electrons. The number of halogens is 2. The van der Waals surface area contributed by atoms with E-state index in [1.807, 2.05) is 0 Å². The fourth-order valence-corrected chi connectivity index (χ4v) is 2.67. The number of methoxy groups -OCH3 is 1. The van der Waals surface area contributed by atoms with Gasteiger partial charge in [0.25, 0.3) is 0 Å². The number of carbonyl (C=O) groups excluding carboxylic acids is 2. The highest BCUT2D eigenvalue weighted by atomic mass is 35.5. The molecule has 0 bridgehead atoms. The van der Waals surface area contributed by atoms with Gasteiger partial charge < -0.3 is 10.1 Å². The summed E-state index contributed by atoms with van der Waals surface area (Å²) in [5.74, 6) is -0.800. The van der Waals surface area contributed by atoms with Crippen LogP contribution in [0.3, 0.4) is 0 Å². The van der Waals surface area contributed by atoms with E-state index >= 15 is 0 Å². The largest absolute Gasteiger partial charge is 0.464 e. The molecule has 6 nitrogen and oxygen atoms in total. The highest BCUT2D eigenvalue weighted by Gasteiger charge is 2.19. The minimum atomic E-state index is -0.522. The Bertz CT molecular complexity index is 774. The van der Waals surface area contributed by atoms with Crippen LogP contribution in [0.1, 0.15) is 23.0 Å². The van der Waals surface area contributed by atoms with Crippen LogP contribution in [0.15, 0.2) is 24.3 Å². The summed E-state index contributed by atoms with van der Waals surface area (Å²) in [4.78, 5) is 23.9. The summed E-state index contributed by atoms with van der Waals surface area (Å²) in [7, 11) is 2.88. The van der Waals surface area contributed by atoms with Crippen molar-refractivity contribution in [2.45, 2.75) is 13.3 Å². The highest BCUT2D eigenvalue weighted by molar-refractivity contribution is 6.35. The molecule has 0 saturated carbocycles. The summed E-state index contributed by atoms with van der Waals surface area (Å²) in [6.07, 6.45) is 0.457. The fourth-order valence-electron chi connectivity index (χ4n) is 2.18. The van der Waals surface area contributed by atoms with Gasteiger partial charge in [0.05, 0.1) is 7.11 Å². The summed E-state index contributed by atoms with van der Waals surface area (Å²) in [6, 6.07) is 6.63. The van der Waals surface area contributed by atoms with Crippen molar-refractivity contribution in [2.24, 2.45) is 13.0 Å². The Balaban J connectivity index is 2.05. The van der Waals surface area contributed by atoms with Gasteiger partial charge in [0.2, 0.25) is 5.91 Å². The van der Waals surface area contributed by atoms with Crippen molar-refractivity contribution < 1.29 is 14.3 Å². The molecule has 2 rings (SSSR count). The molecule has 0 saturated heterocycles. The maximum atomic E-state index is 12.3. The number of nitrogens with one attached hydrogen (secondary N) is 1. The van der Waals surface area contributed by atoms with Gasteiger partial charge in [-0.15, -0.1) is 0 Å². The molecule has 0 aliphatic carbocycles. The number of aromatic nitrogens is 2. The van der Waals surface area contributed by atoms with Gasteiger partial charge in [0, 0.05) is 29.1 Å². The lowest BCUT2D eigenvalue weighted by Crippen LogP contribution is -2.22. The van der Waals surface area contributed by atoms with E-state index in [2.05, 4.69) is 15.2 Å². The minimum absolute atomic E-state index is 0.226. The molecule has 8 heteroatoms. The average molecular weight is 370 g/mol. The summed E-state index contributed by atoms with van der Waals surface area (Å²) >= 11 is 12.0. The van der Waals surface area contributed by atoms with E-state index in [1.54, 1.807) is 32.2 Å². The van der Waals surface area contributed by atoms with Crippen LogP contribution in [0, 0.1) is 5.92 Å². The van der Waals surface area contributed by atoms with Gasteiger partial charge in [-0.3, -0.25) is 9.48 Å². The van der Waals surface area contributed by atoms with Gasteiger partial charge in [-0.1, -0.05) is 36.2 Å². The lowest BCUT2D eigenvalue weighted by molar-refractivity contribution is -0.119. The van der Waals surface area contributed by atoms with Crippen molar-refractivity contribution in [2.75, 3.05) is 12.4 Å². The lowest BCUT2D eigenvalue weighted by Gasteiger charge is -2.12. The Morgan fingerprint density at radius 3 is 2.67 bits per heavy atom. The van der Waals surface area contributed by atoms with Crippen LogP contribution in [0.5, 0.6) is 0 Å². The zero-order valence-electron chi connectivity index (χ0n) is 13.5. The molecular weight excluding hydrogens is 353 g/mol. The second kappa shape index (κ2) is 7.68. The number of rotatable bonds is 5. The molecule has 0 fully saturated rings. The summed E-state index contributed by atoms with van der Waals surface area (Å²) in [5.41, 5.74) is 1.08. The summed E-state index contributed by atoms with van der Waals surface area (Å²) in [5, 5.41) is 7.83. The Hall–Kier alpha value is -2.05. The predicted molar refractivity (Wildman–Crippen MR) is 92.5 cm³/mol. The molecule has 1 aromatic heterocycles. The van der Waals surface area contributed by atoms with Crippen LogP contribution in [0.4, 0.5) is 5.82 Å². The van der Waals surface area contributed by atoms with Crippen molar-refractivity contribution in [3.05, 3.63) is 45.6 Å². The summed E-state index contributed by atoms with van der Waals surface area (Å²) < 4.78 is 6.00. The van der Waals surface area contributed by atoms with Crippen molar-refractivity contribution in [3.63, 3.8) is 0 Å². The topological polar surface area (TPSA) is 73.2 Å². The number of ether oxygens (including phenoxy) is 1. The molecule has 1 heterocycles. The lowest BCUT2D eigenvalue weighted by atomic mass is 10.0. The van der Waals surface area contributed by atoms with E-state index in [0.717, 1.165) is 5.56 Å². The molecule has 1 unspecified atom stereocenters. The Labute approximate surface area is 149 Å². The number of hydrogen-bond donors (Lipinski definition) is 1. The number of esters is 1. The Kier molecular flexibility index (Phi) is 5.85. The highest BCUT2D eigenvalue weighted by Crippen LogP contribution is 2.24. The molecule has 0 aliphatic heterocycles. The van der Waals surface area contributed by atoms with Gasteiger partial charge in [-0.2, -0.15) is 5.10 Å². The van der Waals surface area contributed by atoms with Crippen LogP contribution in [0.25, 0.3) is 0 Å². The van der Waals surface area contributed by atoms with E-state index in [0.29, 0.717) is 16.5 Å². The molecule has 1 amide bonds. The quantitative estimate of drug-likeness (QED) is 0.820. The third-order valence-electron chi connectivity index (χ3n) is 3.51. The first-order valence-corrected chi connectivity index (χ1v) is 7.94. The molecule has 1 atom stereocenters. The van der Waals surface area contributed by atoms with Crippen LogP contribution in [0.2, 0.25) is 10.0 Å². The molecule has 24 heavy (non-hydrogen) atoms. The number of aryl methyl sites for hydroxylation is 1. The van der Waals surface area contributed by atoms with Crippen LogP contribution < -0.4 is 5.32 Å². The molecule has 0 spiro atoms. The average Bonchev–Trinajstić information content (AvgIpc) is 2.89. The van der Waals surface area contributed by atoms with Gasteiger partial charge in [-0.25, -0.2) is 4.79 Å². The number of nitrogens with zero attached hydrogens (tertiary/aromatic N) is 2. The third-order valence-corrected chi connectivity index (χ3v) is 4.10. The number of amides is 1. The van der Waals surface area contributed by atoms with E-state index in [9.17, 15) is 9.59 Å². The van der Waals surface area contributed by atoms with Crippen molar-refractivity contribution in [1.29, 1.82) is 0 Å². The zero-order valence-corrected chi connectivity index (χ0v) is 15.0. The maximum absolute atomic E-state index is 12.3. The smallest absolute Gasteiger partial charge is 0.356 e. The van der Waals surface area contributed by atoms with Crippen molar-refractivity contribution >= 4 is 40.9 Å². The summed E-state index contributed by atoms with van der Waals surface area (Å²) in [6.45, 7) is 1.78. The molecular formula is C16H17Cl2N3O3. The van der Waals surface area contributed by atoms with Crippen molar-refractivity contribution in [3.8, 4) is 0 Å². The first kappa shape index (κ1) is 18.3. The van der Waals surface area contributed by atoms with Crippen LogP contribution >= 0.6 is 23.2 Å². The normalized spacial score (nSPS) is 11.9. The molecule has 2 aromatic rings. The first-order valence-electron chi connectivity index (χ1n) is 7.19. The standard InChI is InChI=1S/C16H17Cl2N3O3/c1-9(6-10-4-5-11(17)7-12(10)18)15(22)19-14-8-13(16(23)24-3)21(2)20-14/h4-5,7-9H,6H2,1-3H3,(H,19,20,22). The third kappa shape index (κ3) is 4.27. The maximum Gasteiger partial charge on any atom is 0.356 e. The van der Waals surface area contributed by atoms with E-state index in [-0.39, 0.29) is 23.3 Å². The number of anilines is 1. The van der Waals surface area contributed by atoms with Crippen LogP contribution in [-0.4, -0.2) is 28.8 Å².